The Bertz CT molecular complexity index is 476. The molecular weight excluding hydrogens is 202 g/mol. The van der Waals surface area contributed by atoms with Crippen LogP contribution in [0.25, 0.3) is 11.0 Å². The lowest BCUT2D eigenvalue weighted by Crippen LogP contribution is -2.17. The molecule has 0 radical (unpaired) electrons. The van der Waals surface area contributed by atoms with Gasteiger partial charge in [0.05, 0.1) is 18.1 Å². The third-order valence-electron chi connectivity index (χ3n) is 2.60. The van der Waals surface area contributed by atoms with Crippen LogP contribution in [0.3, 0.4) is 0 Å². The summed E-state index contributed by atoms with van der Waals surface area (Å²) in [6.07, 6.45) is 2.07. The predicted octanol–water partition coefficient (Wildman–Crippen LogP) is 1.61. The quantitative estimate of drug-likeness (QED) is 0.782. The van der Waals surface area contributed by atoms with Crippen LogP contribution in [0.1, 0.15) is 0 Å². The lowest BCUT2D eigenvalue weighted by Gasteiger charge is -2.11. The summed E-state index contributed by atoms with van der Waals surface area (Å²) in [5.74, 6) is 0.665. The highest BCUT2D eigenvalue weighted by atomic mass is 16.5. The molecule has 0 atom stereocenters. The number of rotatable bonds is 4. The lowest BCUT2D eigenvalue weighted by molar-refractivity contribution is 0.386. The van der Waals surface area contributed by atoms with Gasteiger partial charge in [-0.1, -0.05) is 0 Å². The van der Waals surface area contributed by atoms with E-state index in [-0.39, 0.29) is 0 Å². The average molecular weight is 219 g/mol. The maximum absolute atomic E-state index is 5.10. The molecule has 4 nitrogen and oxygen atoms in total. The number of pyridine rings is 1. The summed E-state index contributed by atoms with van der Waals surface area (Å²) in [6.45, 7) is 2.00. The summed E-state index contributed by atoms with van der Waals surface area (Å²) < 4.78 is 7.31. The van der Waals surface area contributed by atoms with E-state index in [1.54, 1.807) is 7.11 Å². The SMILES string of the molecule is COc1ccc2c(ccn2CCN(C)C)n1. The molecule has 0 saturated heterocycles. The maximum atomic E-state index is 5.10. The number of fused-ring (bicyclic) bond motifs is 1. The number of methoxy groups -OCH3 is 1. The zero-order valence-electron chi connectivity index (χ0n) is 9.97. The first-order chi connectivity index (χ1) is 7.70. The Balaban J connectivity index is 2.27. The van der Waals surface area contributed by atoms with Gasteiger partial charge in [0.15, 0.2) is 0 Å². The minimum atomic E-state index is 0.665. The zero-order valence-corrected chi connectivity index (χ0v) is 9.97. The van der Waals surface area contributed by atoms with Crippen LogP contribution in [0.4, 0.5) is 0 Å². The summed E-state index contributed by atoms with van der Waals surface area (Å²) in [7, 11) is 5.79. The minimum absolute atomic E-state index is 0.665. The minimum Gasteiger partial charge on any atom is -0.481 e. The summed E-state index contributed by atoms with van der Waals surface area (Å²) in [5, 5.41) is 0. The van der Waals surface area contributed by atoms with Crippen molar-refractivity contribution in [3.63, 3.8) is 0 Å². The molecule has 0 aliphatic heterocycles. The largest absolute Gasteiger partial charge is 0.481 e. The van der Waals surface area contributed by atoms with Gasteiger partial charge in [-0.2, -0.15) is 0 Å². The third kappa shape index (κ3) is 2.17. The summed E-state index contributed by atoms with van der Waals surface area (Å²) >= 11 is 0. The molecule has 2 aromatic heterocycles. The molecular formula is C12H17N3O. The van der Waals surface area contributed by atoms with Crippen molar-refractivity contribution in [2.45, 2.75) is 6.54 Å². The molecule has 86 valence electrons. The molecule has 0 aliphatic carbocycles. The molecule has 0 saturated carbocycles. The second-order valence-electron chi connectivity index (χ2n) is 4.07. The fraction of sp³-hybridized carbons (Fsp3) is 0.417. The van der Waals surface area contributed by atoms with E-state index in [0.717, 1.165) is 24.1 Å². The Morgan fingerprint density at radius 1 is 1.31 bits per heavy atom. The van der Waals surface area contributed by atoms with Crippen molar-refractivity contribution < 1.29 is 4.74 Å². The smallest absolute Gasteiger partial charge is 0.213 e. The number of ether oxygens (including phenoxy) is 1. The fourth-order valence-electron chi connectivity index (χ4n) is 1.67. The van der Waals surface area contributed by atoms with E-state index in [4.69, 9.17) is 4.74 Å². The molecule has 0 spiro atoms. The van der Waals surface area contributed by atoms with Gasteiger partial charge in [0.25, 0.3) is 0 Å². The highest BCUT2D eigenvalue weighted by molar-refractivity contribution is 5.76. The van der Waals surface area contributed by atoms with Crippen molar-refractivity contribution in [1.82, 2.24) is 14.5 Å². The number of likely N-dealkylation sites (N-methyl/N-ethyl adjacent to an activating group) is 1. The van der Waals surface area contributed by atoms with Crippen LogP contribution < -0.4 is 4.74 Å². The zero-order chi connectivity index (χ0) is 11.5. The van der Waals surface area contributed by atoms with Gasteiger partial charge >= 0.3 is 0 Å². The Morgan fingerprint density at radius 3 is 2.81 bits per heavy atom. The molecule has 4 heteroatoms. The monoisotopic (exact) mass is 219 g/mol. The molecule has 0 aromatic carbocycles. The van der Waals surface area contributed by atoms with E-state index in [0.29, 0.717) is 5.88 Å². The van der Waals surface area contributed by atoms with Crippen LogP contribution in [0.15, 0.2) is 24.4 Å². The second kappa shape index (κ2) is 4.53. The molecule has 0 N–H and O–H groups in total. The van der Waals surface area contributed by atoms with Crippen molar-refractivity contribution in [3.05, 3.63) is 24.4 Å². The topological polar surface area (TPSA) is 30.3 Å². The van der Waals surface area contributed by atoms with Crippen LogP contribution in [-0.2, 0) is 6.54 Å². The van der Waals surface area contributed by atoms with Gasteiger partial charge in [0.2, 0.25) is 5.88 Å². The van der Waals surface area contributed by atoms with E-state index >= 15 is 0 Å². The van der Waals surface area contributed by atoms with Gasteiger partial charge in [-0.3, -0.25) is 0 Å². The molecule has 2 heterocycles. The number of hydrogen-bond acceptors (Lipinski definition) is 3. The van der Waals surface area contributed by atoms with Crippen LogP contribution >= 0.6 is 0 Å². The molecule has 0 bridgehead atoms. The first-order valence-corrected chi connectivity index (χ1v) is 5.35. The molecule has 2 rings (SSSR count). The maximum Gasteiger partial charge on any atom is 0.213 e. The standard InChI is InChI=1S/C12H17N3O/c1-14(2)8-9-15-7-6-10-11(15)4-5-12(13-10)16-3/h4-7H,8-9H2,1-3H3. The Hall–Kier alpha value is -1.55. The van der Waals surface area contributed by atoms with Gasteiger partial charge in [-0.15, -0.1) is 0 Å². The first-order valence-electron chi connectivity index (χ1n) is 5.35. The van der Waals surface area contributed by atoms with E-state index in [9.17, 15) is 0 Å². The van der Waals surface area contributed by atoms with Crippen LogP contribution in [-0.4, -0.2) is 42.2 Å². The summed E-state index contributed by atoms with van der Waals surface area (Å²) in [5.41, 5.74) is 2.14. The van der Waals surface area contributed by atoms with Crippen molar-refractivity contribution in [2.24, 2.45) is 0 Å². The number of aromatic nitrogens is 2. The molecule has 0 aliphatic rings. The molecule has 16 heavy (non-hydrogen) atoms. The summed E-state index contributed by atoms with van der Waals surface area (Å²) in [4.78, 5) is 6.55. The Kier molecular flexibility index (Phi) is 3.10. The average Bonchev–Trinajstić information content (AvgIpc) is 2.68. The van der Waals surface area contributed by atoms with Crippen LogP contribution in [0.5, 0.6) is 5.88 Å². The number of hydrogen-bond donors (Lipinski definition) is 0. The van der Waals surface area contributed by atoms with Crippen LogP contribution in [0.2, 0.25) is 0 Å². The Labute approximate surface area is 95.4 Å². The van der Waals surface area contributed by atoms with Gasteiger partial charge in [0, 0.05) is 25.4 Å². The normalized spacial score (nSPS) is 11.2. The fourth-order valence-corrected chi connectivity index (χ4v) is 1.67. The molecule has 0 fully saturated rings. The lowest BCUT2D eigenvalue weighted by atomic mass is 10.4. The van der Waals surface area contributed by atoms with Gasteiger partial charge in [-0.05, 0) is 26.2 Å². The van der Waals surface area contributed by atoms with Crippen molar-refractivity contribution in [1.29, 1.82) is 0 Å². The van der Waals surface area contributed by atoms with E-state index in [1.165, 1.54) is 0 Å². The highest BCUT2D eigenvalue weighted by Gasteiger charge is 2.03. The molecule has 0 unspecified atom stereocenters. The molecule has 0 amide bonds. The van der Waals surface area contributed by atoms with E-state index in [1.807, 2.05) is 12.1 Å². The highest BCUT2D eigenvalue weighted by Crippen LogP contribution is 2.17. The third-order valence-corrected chi connectivity index (χ3v) is 2.60. The van der Waals surface area contributed by atoms with Crippen LogP contribution in [0, 0.1) is 0 Å². The molecule has 2 aromatic rings. The first kappa shape index (κ1) is 11.0. The van der Waals surface area contributed by atoms with E-state index in [2.05, 4.69) is 40.8 Å². The predicted molar refractivity (Wildman–Crippen MR) is 64.8 cm³/mol. The number of nitrogens with zero attached hydrogens (tertiary/aromatic N) is 3. The van der Waals surface area contributed by atoms with Gasteiger partial charge in [-0.25, -0.2) is 4.98 Å². The Morgan fingerprint density at radius 2 is 2.12 bits per heavy atom. The second-order valence-corrected chi connectivity index (χ2v) is 4.07. The van der Waals surface area contributed by atoms with Crippen molar-refractivity contribution in [2.75, 3.05) is 27.7 Å². The van der Waals surface area contributed by atoms with Crippen molar-refractivity contribution >= 4 is 11.0 Å². The van der Waals surface area contributed by atoms with Gasteiger partial charge in [0.1, 0.15) is 0 Å². The van der Waals surface area contributed by atoms with Gasteiger partial charge < -0.3 is 14.2 Å². The van der Waals surface area contributed by atoms with Crippen molar-refractivity contribution in [3.8, 4) is 5.88 Å². The summed E-state index contributed by atoms with van der Waals surface area (Å²) in [6, 6.07) is 5.97. The van der Waals surface area contributed by atoms with E-state index < -0.39 is 0 Å².